The maximum Gasteiger partial charge on any atom is 0.309 e. The van der Waals surface area contributed by atoms with Crippen molar-refractivity contribution in [1.82, 2.24) is 0 Å². The van der Waals surface area contributed by atoms with Crippen molar-refractivity contribution >= 4 is 29.9 Å². The normalized spacial score (nSPS) is 10.5. The maximum absolute atomic E-state index is 11.1. The van der Waals surface area contributed by atoms with Gasteiger partial charge in [-0.2, -0.15) is 0 Å². The molecule has 1 aromatic carbocycles. The average molecular weight is 253 g/mol. The Balaban J connectivity index is 2.65. The van der Waals surface area contributed by atoms with Gasteiger partial charge in [0.2, 0.25) is 0 Å². The van der Waals surface area contributed by atoms with Gasteiger partial charge in [0.05, 0.1) is 13.0 Å². The highest BCUT2D eigenvalue weighted by Gasteiger charge is 2.00. The van der Waals surface area contributed by atoms with E-state index >= 15 is 0 Å². The molecule has 0 N–H and O–H groups in total. The van der Waals surface area contributed by atoms with Crippen molar-refractivity contribution in [3.8, 4) is 0 Å². The van der Waals surface area contributed by atoms with Crippen LogP contribution in [-0.4, -0.2) is 18.9 Å². The van der Waals surface area contributed by atoms with Crippen LogP contribution in [0.1, 0.15) is 29.3 Å². The fourth-order valence-corrected chi connectivity index (χ4v) is 1.51. The number of ether oxygens (including phenoxy) is 1. The molecule has 0 saturated carbocycles. The summed E-state index contributed by atoms with van der Waals surface area (Å²) in [4.78, 5) is 21.6. The third-order valence-corrected chi connectivity index (χ3v) is 2.38. The molecular weight excluding hydrogens is 240 g/mol. The second-order valence-electron chi connectivity index (χ2n) is 3.31. The first-order valence-electron chi connectivity index (χ1n) is 5.24. The Morgan fingerprint density at radius 3 is 2.82 bits per heavy atom. The second-order valence-corrected chi connectivity index (χ2v) is 3.72. The van der Waals surface area contributed by atoms with Gasteiger partial charge in [-0.1, -0.05) is 35.9 Å². The molecule has 0 saturated heterocycles. The van der Waals surface area contributed by atoms with E-state index in [2.05, 4.69) is 0 Å². The number of carbonyl (C=O) groups is 2. The summed E-state index contributed by atoms with van der Waals surface area (Å²) in [5.41, 5.74) is 1.29. The molecule has 4 heteroatoms. The SMILES string of the molecule is CCOC(=O)CC=Cc1ccc(C=O)cc1Cl. The van der Waals surface area contributed by atoms with E-state index in [9.17, 15) is 9.59 Å². The van der Waals surface area contributed by atoms with Crippen LogP contribution in [0.3, 0.4) is 0 Å². The minimum absolute atomic E-state index is 0.208. The third-order valence-electron chi connectivity index (χ3n) is 2.05. The lowest BCUT2D eigenvalue weighted by atomic mass is 10.1. The van der Waals surface area contributed by atoms with E-state index in [1.165, 1.54) is 0 Å². The van der Waals surface area contributed by atoms with Gasteiger partial charge in [0.15, 0.2) is 0 Å². The van der Waals surface area contributed by atoms with Crippen molar-refractivity contribution in [2.75, 3.05) is 6.61 Å². The van der Waals surface area contributed by atoms with Crippen molar-refractivity contribution in [3.63, 3.8) is 0 Å². The van der Waals surface area contributed by atoms with Crippen molar-refractivity contribution < 1.29 is 14.3 Å². The summed E-state index contributed by atoms with van der Waals surface area (Å²) in [6, 6.07) is 4.98. The molecule has 0 aliphatic rings. The summed E-state index contributed by atoms with van der Waals surface area (Å²) in [5.74, 6) is -0.274. The van der Waals surface area contributed by atoms with Crippen LogP contribution in [-0.2, 0) is 9.53 Å². The lowest BCUT2D eigenvalue weighted by Crippen LogP contribution is -2.01. The van der Waals surface area contributed by atoms with E-state index in [1.54, 1.807) is 37.3 Å². The van der Waals surface area contributed by atoms with Gasteiger partial charge in [-0.25, -0.2) is 0 Å². The van der Waals surface area contributed by atoms with E-state index in [0.717, 1.165) is 11.8 Å². The van der Waals surface area contributed by atoms with Crippen LogP contribution in [0.2, 0.25) is 5.02 Å². The molecule has 0 spiro atoms. The summed E-state index contributed by atoms with van der Waals surface area (Å²) in [6.07, 6.45) is 4.35. The molecule has 1 rings (SSSR count). The van der Waals surface area contributed by atoms with Crippen LogP contribution in [0.25, 0.3) is 6.08 Å². The predicted octanol–water partition coefficient (Wildman–Crippen LogP) is 3.12. The zero-order chi connectivity index (χ0) is 12.7. The number of hydrogen-bond acceptors (Lipinski definition) is 3. The first-order chi connectivity index (χ1) is 8.17. The van der Waals surface area contributed by atoms with Gasteiger partial charge in [0.1, 0.15) is 6.29 Å². The molecule has 0 fully saturated rings. The van der Waals surface area contributed by atoms with Crippen molar-refractivity contribution in [2.24, 2.45) is 0 Å². The molecule has 0 heterocycles. The fourth-order valence-electron chi connectivity index (χ4n) is 1.25. The van der Waals surface area contributed by atoms with E-state index in [-0.39, 0.29) is 12.4 Å². The van der Waals surface area contributed by atoms with Gasteiger partial charge in [0.25, 0.3) is 0 Å². The monoisotopic (exact) mass is 252 g/mol. The van der Waals surface area contributed by atoms with Crippen LogP contribution < -0.4 is 0 Å². The van der Waals surface area contributed by atoms with Gasteiger partial charge < -0.3 is 4.74 Å². The summed E-state index contributed by atoms with van der Waals surface area (Å²) in [5, 5.41) is 0.481. The minimum atomic E-state index is -0.274. The molecule has 0 atom stereocenters. The van der Waals surface area contributed by atoms with Gasteiger partial charge in [-0.3, -0.25) is 9.59 Å². The number of aldehydes is 1. The first kappa shape index (κ1) is 13.5. The zero-order valence-electron chi connectivity index (χ0n) is 9.48. The molecule has 0 unspecified atom stereocenters. The summed E-state index contributed by atoms with van der Waals surface area (Å²) in [6.45, 7) is 2.14. The molecule has 3 nitrogen and oxygen atoms in total. The number of benzene rings is 1. The summed E-state index contributed by atoms with van der Waals surface area (Å²) < 4.78 is 4.78. The van der Waals surface area contributed by atoms with Gasteiger partial charge >= 0.3 is 5.97 Å². The number of hydrogen-bond donors (Lipinski definition) is 0. The van der Waals surface area contributed by atoms with Gasteiger partial charge in [0, 0.05) is 10.6 Å². The van der Waals surface area contributed by atoms with Gasteiger partial charge in [-0.15, -0.1) is 0 Å². The van der Waals surface area contributed by atoms with E-state index in [0.29, 0.717) is 17.2 Å². The topological polar surface area (TPSA) is 43.4 Å². The maximum atomic E-state index is 11.1. The van der Waals surface area contributed by atoms with Crippen molar-refractivity contribution in [3.05, 3.63) is 40.4 Å². The smallest absolute Gasteiger partial charge is 0.309 e. The number of halogens is 1. The molecule has 17 heavy (non-hydrogen) atoms. The van der Waals surface area contributed by atoms with E-state index < -0.39 is 0 Å². The Labute approximate surface area is 105 Å². The highest BCUT2D eigenvalue weighted by molar-refractivity contribution is 6.32. The minimum Gasteiger partial charge on any atom is -0.466 e. The fraction of sp³-hybridized carbons (Fsp3) is 0.231. The number of rotatable bonds is 5. The molecule has 0 aliphatic heterocycles. The Bertz CT molecular complexity index is 438. The number of carbonyl (C=O) groups excluding carboxylic acids is 2. The van der Waals surface area contributed by atoms with Crippen LogP contribution in [0.5, 0.6) is 0 Å². The predicted molar refractivity (Wildman–Crippen MR) is 67.1 cm³/mol. The van der Waals surface area contributed by atoms with Crippen LogP contribution in [0, 0.1) is 0 Å². The largest absolute Gasteiger partial charge is 0.466 e. The first-order valence-corrected chi connectivity index (χ1v) is 5.62. The van der Waals surface area contributed by atoms with E-state index in [1.807, 2.05) is 0 Å². The third kappa shape index (κ3) is 4.41. The Morgan fingerprint density at radius 1 is 1.47 bits per heavy atom. The highest BCUT2D eigenvalue weighted by atomic mass is 35.5. The quantitative estimate of drug-likeness (QED) is 0.597. The van der Waals surface area contributed by atoms with Crippen LogP contribution in [0.4, 0.5) is 0 Å². The Hall–Kier alpha value is -1.61. The van der Waals surface area contributed by atoms with E-state index in [4.69, 9.17) is 16.3 Å². The Kier molecular flexibility index (Phi) is 5.43. The van der Waals surface area contributed by atoms with Crippen LogP contribution >= 0.6 is 11.6 Å². The number of esters is 1. The average Bonchev–Trinajstić information content (AvgIpc) is 2.31. The molecule has 1 aromatic rings. The van der Waals surface area contributed by atoms with Crippen molar-refractivity contribution in [1.29, 1.82) is 0 Å². The molecule has 0 amide bonds. The van der Waals surface area contributed by atoms with Crippen LogP contribution in [0.15, 0.2) is 24.3 Å². The highest BCUT2D eigenvalue weighted by Crippen LogP contribution is 2.18. The molecular formula is C13H13ClO3. The molecule has 90 valence electrons. The van der Waals surface area contributed by atoms with Crippen molar-refractivity contribution in [2.45, 2.75) is 13.3 Å². The summed E-state index contributed by atoms with van der Waals surface area (Å²) in [7, 11) is 0. The molecule has 0 bridgehead atoms. The Morgan fingerprint density at radius 2 is 2.24 bits per heavy atom. The molecule has 0 radical (unpaired) electrons. The lowest BCUT2D eigenvalue weighted by Gasteiger charge is -1.99. The summed E-state index contributed by atoms with van der Waals surface area (Å²) >= 11 is 5.96. The molecule has 0 aliphatic carbocycles. The zero-order valence-corrected chi connectivity index (χ0v) is 10.2. The second kappa shape index (κ2) is 6.86. The lowest BCUT2D eigenvalue weighted by molar-refractivity contribution is -0.142. The van der Waals surface area contributed by atoms with Gasteiger partial charge in [-0.05, 0) is 18.6 Å². The standard InChI is InChI=1S/C13H13ClO3/c1-2-17-13(16)5-3-4-11-7-6-10(9-15)8-12(11)14/h3-4,6-9H,2,5H2,1H3. The molecule has 0 aromatic heterocycles.